The van der Waals surface area contributed by atoms with Crippen LogP contribution in [-0.4, -0.2) is 76.8 Å². The molecular formula is C14H23N5O4. The van der Waals surface area contributed by atoms with Gasteiger partial charge in [0.05, 0.1) is 6.54 Å². The number of nitrogens with zero attached hydrogens (tertiary/aromatic N) is 3. The lowest BCUT2D eigenvalue weighted by atomic mass is 10.00. The molecule has 2 aliphatic heterocycles. The Morgan fingerprint density at radius 3 is 2.30 bits per heavy atom. The molecule has 0 saturated carbocycles. The molecule has 2 heterocycles. The highest BCUT2D eigenvalue weighted by Crippen LogP contribution is 2.19. The lowest BCUT2D eigenvalue weighted by Gasteiger charge is -2.33. The van der Waals surface area contributed by atoms with Crippen molar-refractivity contribution in [3.8, 4) is 0 Å². The van der Waals surface area contributed by atoms with Crippen LogP contribution in [0.3, 0.4) is 0 Å². The molecule has 2 saturated heterocycles. The van der Waals surface area contributed by atoms with Gasteiger partial charge >= 0.3 is 6.03 Å². The van der Waals surface area contributed by atoms with E-state index in [1.54, 1.807) is 18.7 Å². The molecule has 9 nitrogen and oxygen atoms in total. The molecular weight excluding hydrogens is 302 g/mol. The van der Waals surface area contributed by atoms with Gasteiger partial charge in [-0.15, -0.1) is 0 Å². The predicted molar refractivity (Wildman–Crippen MR) is 80.9 cm³/mol. The molecule has 2 aliphatic rings. The molecule has 2 rings (SSSR count). The fraction of sp³-hybridized carbons (Fsp3) is 0.714. The molecule has 1 atom stereocenters. The normalized spacial score (nSPS) is 25.5. The monoisotopic (exact) mass is 325 g/mol. The van der Waals surface area contributed by atoms with E-state index in [9.17, 15) is 19.2 Å². The number of imide groups is 1. The molecule has 2 fully saturated rings. The minimum absolute atomic E-state index is 0.0206. The van der Waals surface area contributed by atoms with Gasteiger partial charge in [-0.3, -0.25) is 24.7 Å². The molecule has 0 aromatic carbocycles. The second-order valence-corrected chi connectivity index (χ2v) is 6.07. The van der Waals surface area contributed by atoms with Crippen molar-refractivity contribution in [1.29, 1.82) is 0 Å². The van der Waals surface area contributed by atoms with Gasteiger partial charge in [-0.1, -0.05) is 6.92 Å². The molecule has 5 amide bonds. The minimum Gasteiger partial charge on any atom is -0.340 e. The molecule has 9 heteroatoms. The smallest absolute Gasteiger partial charge is 0.340 e. The van der Waals surface area contributed by atoms with E-state index < -0.39 is 23.4 Å². The van der Waals surface area contributed by atoms with Crippen molar-refractivity contribution in [2.24, 2.45) is 0 Å². The van der Waals surface area contributed by atoms with Crippen LogP contribution in [0.15, 0.2) is 0 Å². The van der Waals surface area contributed by atoms with Crippen LogP contribution in [0.25, 0.3) is 0 Å². The average molecular weight is 325 g/mol. The maximum absolute atomic E-state index is 12.2. The van der Waals surface area contributed by atoms with E-state index in [4.69, 9.17) is 0 Å². The van der Waals surface area contributed by atoms with Gasteiger partial charge in [-0.05, 0) is 13.3 Å². The summed E-state index contributed by atoms with van der Waals surface area (Å²) in [4.78, 5) is 50.9. The van der Waals surface area contributed by atoms with Gasteiger partial charge in [-0.25, -0.2) is 4.79 Å². The number of hydrazine groups is 1. The number of carbonyl (C=O) groups is 4. The van der Waals surface area contributed by atoms with Gasteiger partial charge < -0.3 is 10.2 Å². The molecule has 0 aromatic rings. The van der Waals surface area contributed by atoms with E-state index >= 15 is 0 Å². The molecule has 128 valence electrons. The number of urea groups is 1. The first-order chi connectivity index (χ1) is 10.8. The lowest BCUT2D eigenvalue weighted by Crippen LogP contribution is -2.54. The van der Waals surface area contributed by atoms with Crippen LogP contribution >= 0.6 is 0 Å². The predicted octanol–water partition coefficient (Wildman–Crippen LogP) is -1.10. The second kappa shape index (κ2) is 6.53. The van der Waals surface area contributed by atoms with Gasteiger partial charge in [0.1, 0.15) is 5.54 Å². The Balaban J connectivity index is 1.85. The Hall–Kier alpha value is -2.16. The molecule has 0 aliphatic carbocycles. The quantitative estimate of drug-likeness (QED) is 0.639. The van der Waals surface area contributed by atoms with E-state index in [0.29, 0.717) is 32.6 Å². The number of piperazine rings is 1. The van der Waals surface area contributed by atoms with Gasteiger partial charge in [0.15, 0.2) is 0 Å². The van der Waals surface area contributed by atoms with Crippen LogP contribution in [-0.2, 0) is 14.4 Å². The average Bonchev–Trinajstić information content (AvgIpc) is 2.72. The van der Waals surface area contributed by atoms with Crippen LogP contribution in [0.4, 0.5) is 4.79 Å². The number of hydrogen-bond acceptors (Lipinski definition) is 5. The zero-order chi connectivity index (χ0) is 17.2. The Bertz CT molecular complexity index is 529. The number of amides is 5. The summed E-state index contributed by atoms with van der Waals surface area (Å²) >= 11 is 0. The first-order valence-electron chi connectivity index (χ1n) is 7.71. The highest BCUT2D eigenvalue weighted by atomic mass is 16.2. The Kier molecular flexibility index (Phi) is 4.88. The number of carbonyl (C=O) groups excluding carboxylic acids is 4. The highest BCUT2D eigenvalue weighted by molar-refractivity contribution is 6.07. The van der Waals surface area contributed by atoms with E-state index in [-0.39, 0.29) is 12.5 Å². The van der Waals surface area contributed by atoms with Crippen LogP contribution < -0.4 is 10.7 Å². The van der Waals surface area contributed by atoms with Crippen LogP contribution in [0.5, 0.6) is 0 Å². The van der Waals surface area contributed by atoms with Crippen molar-refractivity contribution in [3.05, 3.63) is 0 Å². The molecule has 23 heavy (non-hydrogen) atoms. The van der Waals surface area contributed by atoms with Crippen LogP contribution in [0.1, 0.15) is 27.2 Å². The topological polar surface area (TPSA) is 102 Å². The third-order valence-corrected chi connectivity index (χ3v) is 4.39. The van der Waals surface area contributed by atoms with Crippen molar-refractivity contribution in [2.45, 2.75) is 32.7 Å². The van der Waals surface area contributed by atoms with Crippen LogP contribution in [0, 0.1) is 0 Å². The summed E-state index contributed by atoms with van der Waals surface area (Å²) in [7, 11) is 0. The van der Waals surface area contributed by atoms with Crippen molar-refractivity contribution in [3.63, 3.8) is 0 Å². The molecule has 2 N–H and O–H groups in total. The molecule has 0 aromatic heterocycles. The standard InChI is InChI=1S/C14H23N5O4/c1-4-14(3)12(22)19(13(23)15-14)16-11(21)9-17-5-7-18(8-6-17)10(2)20/h4-9H2,1-3H3,(H,15,23)(H,16,21). The summed E-state index contributed by atoms with van der Waals surface area (Å²) < 4.78 is 0. The zero-order valence-electron chi connectivity index (χ0n) is 13.7. The van der Waals surface area contributed by atoms with Gasteiger partial charge in [0.25, 0.3) is 11.8 Å². The van der Waals surface area contributed by atoms with Crippen molar-refractivity contribution in [2.75, 3.05) is 32.7 Å². The summed E-state index contributed by atoms with van der Waals surface area (Å²) in [6.45, 7) is 7.31. The molecule has 0 radical (unpaired) electrons. The van der Waals surface area contributed by atoms with Crippen molar-refractivity contribution < 1.29 is 19.2 Å². The summed E-state index contributed by atoms with van der Waals surface area (Å²) in [5, 5.41) is 3.32. The van der Waals surface area contributed by atoms with E-state index in [2.05, 4.69) is 10.7 Å². The fourth-order valence-corrected chi connectivity index (χ4v) is 2.61. The Morgan fingerprint density at radius 1 is 1.22 bits per heavy atom. The largest absolute Gasteiger partial charge is 0.344 e. The van der Waals surface area contributed by atoms with Crippen molar-refractivity contribution >= 4 is 23.8 Å². The minimum atomic E-state index is -0.975. The zero-order valence-corrected chi connectivity index (χ0v) is 13.7. The summed E-state index contributed by atoms with van der Waals surface area (Å²) in [5.74, 6) is -0.864. The molecule has 1 unspecified atom stereocenters. The summed E-state index contributed by atoms with van der Waals surface area (Å²) in [6, 6.07) is -0.617. The first-order valence-corrected chi connectivity index (χ1v) is 7.71. The maximum Gasteiger partial charge on any atom is 0.344 e. The first kappa shape index (κ1) is 17.2. The van der Waals surface area contributed by atoms with Gasteiger partial charge in [0, 0.05) is 33.1 Å². The molecule has 0 spiro atoms. The van der Waals surface area contributed by atoms with Gasteiger partial charge in [0.2, 0.25) is 5.91 Å². The second-order valence-electron chi connectivity index (χ2n) is 6.07. The van der Waals surface area contributed by atoms with E-state index in [0.717, 1.165) is 5.01 Å². The van der Waals surface area contributed by atoms with Crippen LogP contribution in [0.2, 0.25) is 0 Å². The van der Waals surface area contributed by atoms with Gasteiger partial charge in [-0.2, -0.15) is 5.01 Å². The fourth-order valence-electron chi connectivity index (χ4n) is 2.61. The highest BCUT2D eigenvalue weighted by Gasteiger charge is 2.47. The summed E-state index contributed by atoms with van der Waals surface area (Å²) in [6.07, 6.45) is 0.441. The third kappa shape index (κ3) is 3.61. The molecule has 0 bridgehead atoms. The lowest BCUT2D eigenvalue weighted by molar-refractivity contribution is -0.139. The summed E-state index contributed by atoms with van der Waals surface area (Å²) in [5.41, 5.74) is 1.39. The third-order valence-electron chi connectivity index (χ3n) is 4.39. The number of hydrogen-bond donors (Lipinski definition) is 2. The van der Waals surface area contributed by atoms with Crippen molar-refractivity contribution in [1.82, 2.24) is 25.6 Å². The Labute approximate surface area is 134 Å². The maximum atomic E-state index is 12.2. The number of rotatable bonds is 4. The van der Waals surface area contributed by atoms with E-state index in [1.807, 2.05) is 4.90 Å². The van der Waals surface area contributed by atoms with E-state index in [1.165, 1.54) is 6.92 Å². The SMILES string of the molecule is CCC1(C)NC(=O)N(NC(=O)CN2CCN(C(C)=O)CC2)C1=O. The number of nitrogens with one attached hydrogen (secondary N) is 2. The Morgan fingerprint density at radius 2 is 1.83 bits per heavy atom.